The molecule has 1 atom stereocenters. The highest BCUT2D eigenvalue weighted by molar-refractivity contribution is 6.31. The lowest BCUT2D eigenvalue weighted by molar-refractivity contribution is -0.130. The molecule has 1 aromatic carbocycles. The van der Waals surface area contributed by atoms with E-state index in [9.17, 15) is 14.7 Å². The first-order chi connectivity index (χ1) is 15.0. The first-order valence-electron chi connectivity index (χ1n) is 9.42. The molecular weight excluding hydrogens is 424 g/mol. The molecule has 3 heterocycles. The number of aromatic nitrogens is 1. The second-order valence-electron chi connectivity index (χ2n) is 6.88. The van der Waals surface area contributed by atoms with Crippen molar-refractivity contribution in [2.45, 2.75) is 6.04 Å². The van der Waals surface area contributed by atoms with Crippen molar-refractivity contribution in [2.75, 3.05) is 27.4 Å². The van der Waals surface area contributed by atoms with Crippen LogP contribution in [-0.4, -0.2) is 54.1 Å². The number of methoxy groups -OCH3 is 2. The monoisotopic (exact) mass is 442 g/mol. The van der Waals surface area contributed by atoms with Crippen molar-refractivity contribution in [1.82, 2.24) is 9.88 Å². The van der Waals surface area contributed by atoms with Gasteiger partial charge in [-0.25, -0.2) is 0 Å². The third-order valence-corrected chi connectivity index (χ3v) is 5.26. The summed E-state index contributed by atoms with van der Waals surface area (Å²) in [5, 5.41) is 11.6. The Hall–Kier alpha value is -3.36. The summed E-state index contributed by atoms with van der Waals surface area (Å²) >= 11 is 6.10. The zero-order chi connectivity index (χ0) is 22.1. The molecular formula is C22H19ClN2O6. The molecule has 0 bridgehead atoms. The number of ether oxygens (including phenoxy) is 2. The topological polar surface area (TPSA) is 102 Å². The van der Waals surface area contributed by atoms with E-state index < -0.39 is 23.5 Å². The van der Waals surface area contributed by atoms with Crippen LogP contribution in [0.1, 0.15) is 22.3 Å². The Balaban J connectivity index is 1.81. The van der Waals surface area contributed by atoms with Gasteiger partial charge in [0.25, 0.3) is 5.91 Å². The Morgan fingerprint density at radius 3 is 2.77 bits per heavy atom. The number of rotatable bonds is 7. The zero-order valence-electron chi connectivity index (χ0n) is 16.8. The third kappa shape index (κ3) is 3.64. The Morgan fingerprint density at radius 2 is 2.10 bits per heavy atom. The number of amides is 1. The standard InChI is InChI=1S/C22H19ClN2O6/c1-29-8-7-25-18(14-5-3-4-6-24-14)17(20(27)22(25)28)19(26)15-10-12-9-13(23)11-16(30-2)21(12)31-15/h3-6,9-11,18,27H,7-8H2,1-2H3. The van der Waals surface area contributed by atoms with Gasteiger partial charge < -0.3 is 23.9 Å². The fraction of sp³-hybridized carbons (Fsp3) is 0.227. The number of halogens is 1. The van der Waals surface area contributed by atoms with Crippen molar-refractivity contribution in [2.24, 2.45) is 0 Å². The first kappa shape index (κ1) is 20.9. The largest absolute Gasteiger partial charge is 0.503 e. The Labute approximate surface area is 182 Å². The predicted octanol–water partition coefficient (Wildman–Crippen LogP) is 3.71. The van der Waals surface area contributed by atoms with Crippen LogP contribution in [0.25, 0.3) is 11.0 Å². The summed E-state index contributed by atoms with van der Waals surface area (Å²) in [6.07, 6.45) is 1.56. The van der Waals surface area contributed by atoms with Crippen LogP contribution in [-0.2, 0) is 9.53 Å². The van der Waals surface area contributed by atoms with Crippen molar-refractivity contribution >= 4 is 34.3 Å². The van der Waals surface area contributed by atoms with E-state index in [-0.39, 0.29) is 24.5 Å². The number of hydrogen-bond donors (Lipinski definition) is 1. The summed E-state index contributed by atoms with van der Waals surface area (Å²) in [6.45, 7) is 0.394. The van der Waals surface area contributed by atoms with E-state index in [2.05, 4.69) is 4.98 Å². The van der Waals surface area contributed by atoms with Crippen molar-refractivity contribution in [1.29, 1.82) is 0 Å². The molecule has 4 rings (SSSR count). The number of carbonyl (C=O) groups is 2. The molecule has 8 nitrogen and oxygen atoms in total. The maximum atomic E-state index is 13.4. The molecule has 9 heteroatoms. The molecule has 3 aromatic rings. The number of Topliss-reactive ketones (excluding diaryl/α,β-unsaturated/α-hetero) is 1. The highest BCUT2D eigenvalue weighted by atomic mass is 35.5. The van der Waals surface area contributed by atoms with Gasteiger partial charge in [0.1, 0.15) is 6.04 Å². The van der Waals surface area contributed by atoms with Crippen LogP contribution in [0.4, 0.5) is 0 Å². The van der Waals surface area contributed by atoms with E-state index in [4.69, 9.17) is 25.5 Å². The molecule has 2 aromatic heterocycles. The molecule has 0 spiro atoms. The molecule has 1 aliphatic rings. The van der Waals surface area contributed by atoms with Gasteiger partial charge in [0, 0.05) is 36.3 Å². The zero-order valence-corrected chi connectivity index (χ0v) is 17.5. The molecule has 160 valence electrons. The molecule has 1 aliphatic heterocycles. The summed E-state index contributed by atoms with van der Waals surface area (Å²) in [5.41, 5.74) is 0.672. The van der Waals surface area contributed by atoms with Gasteiger partial charge in [-0.2, -0.15) is 0 Å². The molecule has 0 fully saturated rings. The van der Waals surface area contributed by atoms with E-state index >= 15 is 0 Å². The number of benzene rings is 1. The smallest absolute Gasteiger partial charge is 0.290 e. The summed E-state index contributed by atoms with van der Waals surface area (Å²) in [6, 6.07) is 8.98. The minimum absolute atomic E-state index is 0.0561. The molecule has 1 N–H and O–H groups in total. The molecule has 0 saturated heterocycles. The van der Waals surface area contributed by atoms with Gasteiger partial charge in [-0.1, -0.05) is 17.7 Å². The molecule has 0 saturated carbocycles. The summed E-state index contributed by atoms with van der Waals surface area (Å²) in [4.78, 5) is 31.9. The first-order valence-corrected chi connectivity index (χ1v) is 9.79. The second kappa shape index (κ2) is 8.41. The van der Waals surface area contributed by atoms with E-state index in [1.807, 2.05) is 0 Å². The van der Waals surface area contributed by atoms with Gasteiger partial charge in [-0.05, 0) is 24.3 Å². The Morgan fingerprint density at radius 1 is 1.29 bits per heavy atom. The summed E-state index contributed by atoms with van der Waals surface area (Å²) in [5.74, 6) is -1.63. The number of carbonyl (C=O) groups excluding carboxylic acids is 2. The quantitative estimate of drug-likeness (QED) is 0.556. The van der Waals surface area contributed by atoms with Gasteiger partial charge in [-0.3, -0.25) is 14.6 Å². The summed E-state index contributed by atoms with van der Waals surface area (Å²) < 4.78 is 16.1. The molecule has 1 unspecified atom stereocenters. The number of aliphatic hydroxyl groups is 1. The summed E-state index contributed by atoms with van der Waals surface area (Å²) in [7, 11) is 2.96. The Bertz CT molecular complexity index is 1190. The van der Waals surface area contributed by atoms with Crippen molar-refractivity contribution in [3.05, 3.63) is 70.4 Å². The maximum Gasteiger partial charge on any atom is 0.290 e. The maximum absolute atomic E-state index is 13.4. The highest BCUT2D eigenvalue weighted by Gasteiger charge is 2.45. The fourth-order valence-corrected chi connectivity index (χ4v) is 3.85. The van der Waals surface area contributed by atoms with Crippen LogP contribution in [0, 0.1) is 0 Å². The van der Waals surface area contributed by atoms with Crippen LogP contribution in [0.5, 0.6) is 5.75 Å². The Kier molecular flexibility index (Phi) is 5.67. The predicted molar refractivity (Wildman–Crippen MR) is 112 cm³/mol. The minimum Gasteiger partial charge on any atom is -0.503 e. The van der Waals surface area contributed by atoms with E-state index in [1.165, 1.54) is 25.2 Å². The lowest BCUT2D eigenvalue weighted by Crippen LogP contribution is -2.34. The van der Waals surface area contributed by atoms with Crippen LogP contribution in [0.2, 0.25) is 5.02 Å². The third-order valence-electron chi connectivity index (χ3n) is 5.04. The van der Waals surface area contributed by atoms with E-state index in [0.29, 0.717) is 27.4 Å². The number of fused-ring (bicyclic) bond motifs is 1. The van der Waals surface area contributed by atoms with Crippen molar-refractivity contribution in [3.8, 4) is 5.75 Å². The number of hydrogen-bond acceptors (Lipinski definition) is 7. The number of pyridine rings is 1. The van der Waals surface area contributed by atoms with Crippen LogP contribution in [0.15, 0.2) is 58.3 Å². The average Bonchev–Trinajstić information content (AvgIpc) is 3.31. The fourth-order valence-electron chi connectivity index (χ4n) is 3.63. The van der Waals surface area contributed by atoms with Crippen LogP contribution < -0.4 is 4.74 Å². The van der Waals surface area contributed by atoms with E-state index in [1.54, 1.807) is 36.5 Å². The highest BCUT2D eigenvalue weighted by Crippen LogP contribution is 2.39. The van der Waals surface area contributed by atoms with Gasteiger partial charge in [0.15, 0.2) is 22.9 Å². The lowest BCUT2D eigenvalue weighted by atomic mass is 9.98. The van der Waals surface area contributed by atoms with Crippen molar-refractivity contribution in [3.63, 3.8) is 0 Å². The van der Waals surface area contributed by atoms with Gasteiger partial charge in [0.05, 0.1) is 25.0 Å². The minimum atomic E-state index is -0.880. The van der Waals surface area contributed by atoms with Gasteiger partial charge >= 0.3 is 0 Å². The average molecular weight is 443 g/mol. The lowest BCUT2D eigenvalue weighted by Gasteiger charge is -2.25. The normalized spacial score (nSPS) is 16.4. The molecule has 1 amide bonds. The van der Waals surface area contributed by atoms with E-state index in [0.717, 1.165) is 0 Å². The number of aliphatic hydroxyl groups excluding tert-OH is 1. The SMILES string of the molecule is COCCN1C(=O)C(O)=C(C(=O)c2cc3cc(Cl)cc(OC)c3o2)C1c1ccccn1. The number of ketones is 1. The number of nitrogens with zero attached hydrogens (tertiary/aromatic N) is 2. The second-order valence-corrected chi connectivity index (χ2v) is 7.31. The van der Waals surface area contributed by atoms with Crippen LogP contribution >= 0.6 is 11.6 Å². The van der Waals surface area contributed by atoms with Gasteiger partial charge in [0.2, 0.25) is 5.78 Å². The number of furan rings is 1. The van der Waals surface area contributed by atoms with Crippen LogP contribution in [0.3, 0.4) is 0 Å². The molecule has 0 aliphatic carbocycles. The van der Waals surface area contributed by atoms with Gasteiger partial charge in [-0.15, -0.1) is 0 Å². The molecule has 31 heavy (non-hydrogen) atoms. The molecule has 0 radical (unpaired) electrons. The van der Waals surface area contributed by atoms with Crippen molar-refractivity contribution < 1.29 is 28.6 Å².